The minimum Gasteiger partial charge on any atom is -0.378 e. The average Bonchev–Trinajstić information content (AvgIpc) is 2.22. The van der Waals surface area contributed by atoms with Crippen LogP contribution in [-0.4, -0.2) is 6.61 Å². The molecule has 0 aromatic carbocycles. The summed E-state index contributed by atoms with van der Waals surface area (Å²) >= 11 is 0. The summed E-state index contributed by atoms with van der Waals surface area (Å²) in [5, 5.41) is 0. The molecule has 1 aliphatic rings. The molecule has 0 spiro atoms. The van der Waals surface area contributed by atoms with Crippen LogP contribution in [-0.2, 0) is 4.74 Å². The summed E-state index contributed by atoms with van der Waals surface area (Å²) in [4.78, 5) is 0. The summed E-state index contributed by atoms with van der Waals surface area (Å²) in [5.41, 5.74) is 0.516. The normalized spacial score (nSPS) is 24.9. The van der Waals surface area contributed by atoms with Crippen molar-refractivity contribution in [3.05, 3.63) is 7.11 Å². The maximum Gasteiger partial charge on any atom is 0.0700 e. The van der Waals surface area contributed by atoms with E-state index in [1.807, 2.05) is 0 Å². The molecule has 0 aromatic heterocycles. The quantitative estimate of drug-likeness (QED) is 0.511. The van der Waals surface area contributed by atoms with Crippen LogP contribution < -0.4 is 0 Å². The Hall–Kier alpha value is -0.0400. The van der Waals surface area contributed by atoms with E-state index in [1.54, 1.807) is 0 Å². The van der Waals surface area contributed by atoms with Gasteiger partial charge in [-0.2, -0.15) is 0 Å². The van der Waals surface area contributed by atoms with Crippen molar-refractivity contribution in [3.8, 4) is 0 Å². The molecule has 1 fully saturated rings. The smallest absolute Gasteiger partial charge is 0.0700 e. The third kappa shape index (κ3) is 1.16. The zero-order chi connectivity index (χ0) is 5.33. The van der Waals surface area contributed by atoms with Crippen LogP contribution in [0.25, 0.3) is 0 Å². The van der Waals surface area contributed by atoms with Gasteiger partial charge in [-0.1, -0.05) is 6.92 Å². The number of ether oxygens (including phenoxy) is 1. The first-order valence-corrected chi connectivity index (χ1v) is 2.64. The van der Waals surface area contributed by atoms with Gasteiger partial charge in [0.25, 0.3) is 0 Å². The van der Waals surface area contributed by atoms with Crippen molar-refractivity contribution in [2.45, 2.75) is 19.8 Å². The summed E-state index contributed by atoms with van der Waals surface area (Å²) in [5.74, 6) is 0. The molecule has 0 heterocycles. The van der Waals surface area contributed by atoms with E-state index in [0.717, 1.165) is 6.61 Å². The SMILES string of the molecule is [CH2]OCC1(C)CC1. The molecule has 7 heavy (non-hydrogen) atoms. The summed E-state index contributed by atoms with van der Waals surface area (Å²) < 4.78 is 4.72. The van der Waals surface area contributed by atoms with Crippen LogP contribution in [0.15, 0.2) is 0 Å². The van der Waals surface area contributed by atoms with Crippen LogP contribution in [0.4, 0.5) is 0 Å². The van der Waals surface area contributed by atoms with Crippen molar-refractivity contribution < 1.29 is 4.74 Å². The summed E-state index contributed by atoms with van der Waals surface area (Å²) in [6.45, 7) is 3.06. The van der Waals surface area contributed by atoms with E-state index in [2.05, 4.69) is 14.0 Å². The van der Waals surface area contributed by atoms with Crippen molar-refractivity contribution >= 4 is 0 Å². The molecule has 0 atom stereocenters. The van der Waals surface area contributed by atoms with Gasteiger partial charge in [-0.3, -0.25) is 0 Å². The number of hydrogen-bond acceptors (Lipinski definition) is 1. The second-order valence-electron chi connectivity index (χ2n) is 2.66. The van der Waals surface area contributed by atoms with Crippen LogP contribution in [0.2, 0.25) is 0 Å². The molecule has 0 aromatic rings. The molecule has 0 aliphatic heterocycles. The Kier molecular flexibility index (Phi) is 1.08. The van der Waals surface area contributed by atoms with Crippen LogP contribution in [0.5, 0.6) is 0 Å². The predicted molar refractivity (Wildman–Crippen MR) is 28.6 cm³/mol. The van der Waals surface area contributed by atoms with E-state index in [4.69, 9.17) is 4.74 Å². The van der Waals surface area contributed by atoms with Gasteiger partial charge in [-0.25, -0.2) is 0 Å². The molecule has 1 heteroatoms. The Bertz CT molecular complexity index is 64.6. The lowest BCUT2D eigenvalue weighted by molar-refractivity contribution is 0.185. The Morgan fingerprint density at radius 1 is 1.71 bits per heavy atom. The topological polar surface area (TPSA) is 9.23 Å². The molecule has 1 nitrogen and oxygen atoms in total. The fourth-order valence-electron chi connectivity index (χ4n) is 0.604. The van der Waals surface area contributed by atoms with Gasteiger partial charge >= 0.3 is 0 Å². The highest BCUT2D eigenvalue weighted by molar-refractivity contribution is 4.87. The molecule has 1 radical (unpaired) electrons. The fourth-order valence-corrected chi connectivity index (χ4v) is 0.604. The molecular formula is C6H11O. The highest BCUT2D eigenvalue weighted by Gasteiger charge is 2.36. The summed E-state index contributed by atoms with van der Waals surface area (Å²) in [6.07, 6.45) is 2.64. The maximum atomic E-state index is 4.72. The van der Waals surface area contributed by atoms with Crippen LogP contribution in [0.3, 0.4) is 0 Å². The Morgan fingerprint density at radius 3 is 2.43 bits per heavy atom. The van der Waals surface area contributed by atoms with Crippen molar-refractivity contribution in [2.24, 2.45) is 5.41 Å². The Morgan fingerprint density at radius 2 is 2.29 bits per heavy atom. The Labute approximate surface area is 44.7 Å². The van der Waals surface area contributed by atoms with Gasteiger partial charge in [-0.15, -0.1) is 0 Å². The first-order chi connectivity index (χ1) is 3.27. The highest BCUT2D eigenvalue weighted by atomic mass is 16.5. The van der Waals surface area contributed by atoms with E-state index in [1.165, 1.54) is 12.8 Å². The maximum absolute atomic E-state index is 4.72. The Balaban J connectivity index is 2.13. The van der Waals surface area contributed by atoms with E-state index in [9.17, 15) is 0 Å². The van der Waals surface area contributed by atoms with Gasteiger partial charge in [0.05, 0.1) is 13.7 Å². The second-order valence-corrected chi connectivity index (χ2v) is 2.66. The van der Waals surface area contributed by atoms with Crippen molar-refractivity contribution in [3.63, 3.8) is 0 Å². The van der Waals surface area contributed by atoms with Gasteiger partial charge in [-0.05, 0) is 18.3 Å². The summed E-state index contributed by atoms with van der Waals surface area (Å²) in [6, 6.07) is 0. The minimum absolute atomic E-state index is 0.516. The van der Waals surface area contributed by atoms with E-state index in [0.29, 0.717) is 5.41 Å². The molecule has 0 bridgehead atoms. The van der Waals surface area contributed by atoms with E-state index < -0.39 is 0 Å². The molecule has 1 rings (SSSR count). The first kappa shape index (κ1) is 5.10. The van der Waals surface area contributed by atoms with Crippen LogP contribution in [0.1, 0.15) is 19.8 Å². The molecule has 1 saturated carbocycles. The van der Waals surface area contributed by atoms with Crippen LogP contribution in [0, 0.1) is 12.5 Å². The fraction of sp³-hybridized carbons (Fsp3) is 0.833. The molecule has 0 unspecified atom stereocenters. The van der Waals surface area contributed by atoms with Gasteiger partial charge in [0.2, 0.25) is 0 Å². The van der Waals surface area contributed by atoms with E-state index >= 15 is 0 Å². The monoisotopic (exact) mass is 99.1 g/mol. The number of rotatable bonds is 2. The highest BCUT2D eigenvalue weighted by Crippen LogP contribution is 2.44. The third-order valence-electron chi connectivity index (χ3n) is 1.55. The molecule has 0 N–H and O–H groups in total. The minimum atomic E-state index is 0.516. The molecule has 1 aliphatic carbocycles. The van der Waals surface area contributed by atoms with Gasteiger partial charge in [0.1, 0.15) is 0 Å². The molecule has 41 valence electrons. The lowest BCUT2D eigenvalue weighted by atomic mass is 10.2. The first-order valence-electron chi connectivity index (χ1n) is 2.64. The average molecular weight is 99.2 g/mol. The second kappa shape index (κ2) is 1.48. The molecule has 0 amide bonds. The van der Waals surface area contributed by atoms with Crippen molar-refractivity contribution in [2.75, 3.05) is 6.61 Å². The van der Waals surface area contributed by atoms with Crippen molar-refractivity contribution in [1.82, 2.24) is 0 Å². The predicted octanol–water partition coefficient (Wildman–Crippen LogP) is 1.59. The van der Waals surface area contributed by atoms with Crippen LogP contribution >= 0.6 is 0 Å². The zero-order valence-corrected chi connectivity index (χ0v) is 4.74. The molecule has 0 saturated heterocycles. The lowest BCUT2D eigenvalue weighted by Gasteiger charge is -2.02. The standard InChI is InChI=1S/C6H11O/c1-6(3-4-6)5-7-2/h2-5H2,1H3. The molecular weight excluding hydrogens is 88.1 g/mol. The van der Waals surface area contributed by atoms with E-state index in [-0.39, 0.29) is 0 Å². The lowest BCUT2D eigenvalue weighted by Crippen LogP contribution is -2.00. The van der Waals surface area contributed by atoms with Gasteiger partial charge in [0, 0.05) is 0 Å². The number of hydrogen-bond donors (Lipinski definition) is 0. The third-order valence-corrected chi connectivity index (χ3v) is 1.55. The van der Waals surface area contributed by atoms with Gasteiger partial charge < -0.3 is 4.74 Å². The zero-order valence-electron chi connectivity index (χ0n) is 4.74. The van der Waals surface area contributed by atoms with Crippen molar-refractivity contribution in [1.29, 1.82) is 0 Å². The summed E-state index contributed by atoms with van der Waals surface area (Å²) in [7, 11) is 3.31. The van der Waals surface area contributed by atoms with Gasteiger partial charge in [0.15, 0.2) is 0 Å². The largest absolute Gasteiger partial charge is 0.378 e.